The molecule has 2 aromatic heterocycles. The van der Waals surface area contributed by atoms with Gasteiger partial charge >= 0.3 is 0 Å². The van der Waals surface area contributed by atoms with Crippen molar-refractivity contribution in [1.29, 1.82) is 0 Å². The van der Waals surface area contributed by atoms with E-state index < -0.39 is 0 Å². The molecule has 18 heavy (non-hydrogen) atoms. The second kappa shape index (κ2) is 3.96. The predicted molar refractivity (Wildman–Crippen MR) is 70.4 cm³/mol. The van der Waals surface area contributed by atoms with Crippen molar-refractivity contribution in [3.8, 4) is 11.4 Å². The summed E-state index contributed by atoms with van der Waals surface area (Å²) in [5.74, 6) is 1.52. The number of hydrogen-bond donors (Lipinski definition) is 1. The number of hydrogen-bond acceptors (Lipinski definition) is 4. The summed E-state index contributed by atoms with van der Waals surface area (Å²) in [6, 6.07) is 9.67. The maximum Gasteiger partial charge on any atom is 0.180 e. The lowest BCUT2D eigenvalue weighted by Gasteiger charge is -2.06. The quantitative estimate of drug-likeness (QED) is 0.728. The molecule has 5 nitrogen and oxygen atoms in total. The van der Waals surface area contributed by atoms with Crippen LogP contribution in [0.1, 0.15) is 5.82 Å². The normalized spacial score (nSPS) is 11.0. The molecule has 0 radical (unpaired) electrons. The van der Waals surface area contributed by atoms with Crippen molar-refractivity contribution < 1.29 is 0 Å². The van der Waals surface area contributed by atoms with E-state index in [1.165, 1.54) is 0 Å². The van der Waals surface area contributed by atoms with Crippen LogP contribution in [-0.4, -0.2) is 19.6 Å². The largest absolute Gasteiger partial charge is 0.382 e. The predicted octanol–water partition coefficient (Wildman–Crippen LogP) is 2.34. The standard InChI is InChI=1S/C12H10ClN5/c1-7-15-12-9(13)10(14)16-11(18(12)17-7)8-5-3-2-4-6-8/h2-6H,14H2,1H3. The highest BCUT2D eigenvalue weighted by molar-refractivity contribution is 6.35. The Morgan fingerprint density at radius 3 is 2.61 bits per heavy atom. The summed E-state index contributed by atoms with van der Waals surface area (Å²) in [7, 11) is 0. The Morgan fingerprint density at radius 2 is 1.89 bits per heavy atom. The first kappa shape index (κ1) is 11.0. The van der Waals surface area contributed by atoms with E-state index in [-0.39, 0.29) is 5.82 Å². The molecule has 0 aliphatic heterocycles. The Morgan fingerprint density at radius 1 is 1.17 bits per heavy atom. The van der Waals surface area contributed by atoms with Crippen molar-refractivity contribution in [2.45, 2.75) is 6.92 Å². The van der Waals surface area contributed by atoms with Crippen molar-refractivity contribution in [1.82, 2.24) is 19.6 Å². The van der Waals surface area contributed by atoms with Gasteiger partial charge in [-0.2, -0.15) is 4.52 Å². The average Bonchev–Trinajstić information content (AvgIpc) is 2.77. The van der Waals surface area contributed by atoms with Gasteiger partial charge < -0.3 is 5.73 Å². The van der Waals surface area contributed by atoms with Gasteiger partial charge in [0.15, 0.2) is 11.5 Å². The maximum absolute atomic E-state index is 6.09. The number of aromatic nitrogens is 4. The number of aryl methyl sites for hydroxylation is 1. The van der Waals surface area contributed by atoms with Crippen LogP contribution in [-0.2, 0) is 0 Å². The molecule has 0 fully saturated rings. The van der Waals surface area contributed by atoms with E-state index in [4.69, 9.17) is 17.3 Å². The third kappa shape index (κ3) is 1.60. The molecule has 0 aliphatic rings. The molecule has 0 atom stereocenters. The monoisotopic (exact) mass is 259 g/mol. The molecule has 0 saturated carbocycles. The van der Waals surface area contributed by atoms with Crippen LogP contribution in [0.15, 0.2) is 30.3 Å². The fourth-order valence-corrected chi connectivity index (χ4v) is 1.97. The van der Waals surface area contributed by atoms with E-state index in [1.54, 1.807) is 11.4 Å². The molecule has 0 bridgehead atoms. The second-order valence-corrected chi connectivity index (χ2v) is 4.27. The van der Waals surface area contributed by atoms with Crippen LogP contribution in [0.5, 0.6) is 0 Å². The number of halogens is 1. The SMILES string of the molecule is Cc1nc2c(Cl)c(N)nc(-c3ccccc3)n2n1. The third-order valence-electron chi connectivity index (χ3n) is 2.59. The fraction of sp³-hybridized carbons (Fsp3) is 0.0833. The first-order valence-corrected chi connectivity index (χ1v) is 5.78. The van der Waals surface area contributed by atoms with E-state index in [0.29, 0.717) is 22.3 Å². The van der Waals surface area contributed by atoms with E-state index in [9.17, 15) is 0 Å². The van der Waals surface area contributed by atoms with E-state index in [1.807, 2.05) is 30.3 Å². The number of anilines is 1. The summed E-state index contributed by atoms with van der Waals surface area (Å²) >= 11 is 6.09. The lowest BCUT2D eigenvalue weighted by atomic mass is 10.2. The summed E-state index contributed by atoms with van der Waals surface area (Å²) in [6.07, 6.45) is 0. The molecule has 90 valence electrons. The van der Waals surface area contributed by atoms with Crippen LogP contribution in [0.2, 0.25) is 5.02 Å². The molecule has 0 aliphatic carbocycles. The number of rotatable bonds is 1. The van der Waals surface area contributed by atoms with Crippen molar-refractivity contribution in [2.24, 2.45) is 0 Å². The number of nitrogens with two attached hydrogens (primary N) is 1. The molecule has 2 N–H and O–H groups in total. The lowest BCUT2D eigenvalue weighted by Crippen LogP contribution is -2.03. The summed E-state index contributed by atoms with van der Waals surface area (Å²) in [6.45, 7) is 1.80. The van der Waals surface area contributed by atoms with Crippen LogP contribution >= 0.6 is 11.6 Å². The number of nitrogen functional groups attached to an aromatic ring is 1. The van der Waals surface area contributed by atoms with Crippen LogP contribution in [0.4, 0.5) is 5.82 Å². The minimum atomic E-state index is 0.260. The maximum atomic E-state index is 6.09. The Bertz CT molecular complexity index is 720. The van der Waals surface area contributed by atoms with Crippen molar-refractivity contribution in [2.75, 3.05) is 5.73 Å². The zero-order valence-electron chi connectivity index (χ0n) is 9.63. The molecule has 1 aromatic carbocycles. The molecule has 3 aromatic rings. The van der Waals surface area contributed by atoms with Crippen LogP contribution in [0, 0.1) is 6.92 Å². The Balaban J connectivity index is 2.39. The highest BCUT2D eigenvalue weighted by atomic mass is 35.5. The van der Waals surface area contributed by atoms with Gasteiger partial charge in [-0.05, 0) is 6.92 Å². The topological polar surface area (TPSA) is 69.1 Å². The molecule has 2 heterocycles. The molecule has 0 amide bonds. The van der Waals surface area contributed by atoms with E-state index in [2.05, 4.69) is 15.1 Å². The van der Waals surface area contributed by atoms with Crippen molar-refractivity contribution >= 4 is 23.1 Å². The highest BCUT2D eigenvalue weighted by Gasteiger charge is 2.14. The van der Waals surface area contributed by atoms with Gasteiger partial charge in [0.25, 0.3) is 0 Å². The molecule has 6 heteroatoms. The third-order valence-corrected chi connectivity index (χ3v) is 2.96. The van der Waals surface area contributed by atoms with Gasteiger partial charge in [-0.1, -0.05) is 41.9 Å². The number of benzene rings is 1. The Labute approximate surface area is 108 Å². The average molecular weight is 260 g/mol. The minimum absolute atomic E-state index is 0.260. The zero-order chi connectivity index (χ0) is 12.7. The van der Waals surface area contributed by atoms with Crippen LogP contribution < -0.4 is 5.73 Å². The molecular weight excluding hydrogens is 250 g/mol. The fourth-order valence-electron chi connectivity index (χ4n) is 1.80. The first-order chi connectivity index (χ1) is 8.66. The molecular formula is C12H10ClN5. The smallest absolute Gasteiger partial charge is 0.180 e. The lowest BCUT2D eigenvalue weighted by molar-refractivity contribution is 0.912. The molecule has 0 unspecified atom stereocenters. The summed E-state index contributed by atoms with van der Waals surface area (Å²) < 4.78 is 1.61. The summed E-state index contributed by atoms with van der Waals surface area (Å²) in [4.78, 5) is 8.55. The van der Waals surface area contributed by atoms with Gasteiger partial charge in [0.05, 0.1) is 0 Å². The van der Waals surface area contributed by atoms with Gasteiger partial charge in [0, 0.05) is 5.56 Å². The summed E-state index contributed by atoms with van der Waals surface area (Å²) in [5, 5.41) is 4.62. The van der Waals surface area contributed by atoms with Crippen LogP contribution in [0.25, 0.3) is 17.0 Å². The molecule has 0 saturated heterocycles. The van der Waals surface area contributed by atoms with Gasteiger partial charge in [-0.3, -0.25) is 0 Å². The van der Waals surface area contributed by atoms with Gasteiger partial charge in [0.2, 0.25) is 0 Å². The molecule has 0 spiro atoms. The van der Waals surface area contributed by atoms with E-state index in [0.717, 1.165) is 5.56 Å². The number of nitrogens with zero attached hydrogens (tertiary/aromatic N) is 4. The van der Waals surface area contributed by atoms with E-state index >= 15 is 0 Å². The summed E-state index contributed by atoms with van der Waals surface area (Å²) in [5.41, 5.74) is 7.25. The zero-order valence-corrected chi connectivity index (χ0v) is 10.4. The van der Waals surface area contributed by atoms with Gasteiger partial charge in [-0.25, -0.2) is 9.97 Å². The Kier molecular flexibility index (Phi) is 2.41. The van der Waals surface area contributed by atoms with Crippen molar-refractivity contribution in [3.63, 3.8) is 0 Å². The second-order valence-electron chi connectivity index (χ2n) is 3.90. The number of fused-ring (bicyclic) bond motifs is 1. The minimum Gasteiger partial charge on any atom is -0.382 e. The van der Waals surface area contributed by atoms with Gasteiger partial charge in [-0.15, -0.1) is 5.10 Å². The van der Waals surface area contributed by atoms with Gasteiger partial charge in [0.1, 0.15) is 16.7 Å². The van der Waals surface area contributed by atoms with Crippen molar-refractivity contribution in [3.05, 3.63) is 41.2 Å². The first-order valence-electron chi connectivity index (χ1n) is 5.40. The Hall–Kier alpha value is -2.14. The highest BCUT2D eigenvalue weighted by Crippen LogP contribution is 2.26. The molecule has 3 rings (SSSR count). The van der Waals surface area contributed by atoms with Crippen LogP contribution in [0.3, 0.4) is 0 Å².